The van der Waals surface area contributed by atoms with Crippen LogP contribution in [-0.4, -0.2) is 24.4 Å². The molecular formula is C13H18N2O. The predicted octanol–water partition coefficient (Wildman–Crippen LogP) is 2.16. The molecule has 0 spiro atoms. The van der Waals surface area contributed by atoms with E-state index < -0.39 is 5.41 Å². The van der Waals surface area contributed by atoms with Gasteiger partial charge in [0.15, 0.2) is 0 Å². The number of hydrogen-bond acceptors (Lipinski definition) is 3. The maximum absolute atomic E-state index is 11.1. The van der Waals surface area contributed by atoms with Crippen LogP contribution in [0.15, 0.2) is 18.3 Å². The van der Waals surface area contributed by atoms with Crippen molar-refractivity contribution in [2.45, 2.75) is 32.1 Å². The number of aldehydes is 1. The first-order valence-corrected chi connectivity index (χ1v) is 5.82. The second-order valence-corrected chi connectivity index (χ2v) is 4.91. The highest BCUT2D eigenvalue weighted by Gasteiger charge is 2.27. The average Bonchev–Trinajstić information content (AvgIpc) is 2.82. The first-order valence-electron chi connectivity index (χ1n) is 5.82. The van der Waals surface area contributed by atoms with Crippen molar-refractivity contribution in [2.75, 3.05) is 18.0 Å². The normalized spacial score (nSPS) is 16.5. The van der Waals surface area contributed by atoms with Gasteiger partial charge in [-0.1, -0.05) is 6.07 Å². The minimum Gasteiger partial charge on any atom is -0.356 e. The highest BCUT2D eigenvalue weighted by atomic mass is 16.1. The predicted molar refractivity (Wildman–Crippen MR) is 64.8 cm³/mol. The smallest absolute Gasteiger partial charge is 0.132 e. The molecule has 0 radical (unpaired) electrons. The van der Waals surface area contributed by atoms with Crippen molar-refractivity contribution in [3.63, 3.8) is 0 Å². The number of pyridine rings is 1. The molecule has 0 aliphatic carbocycles. The minimum atomic E-state index is -0.452. The van der Waals surface area contributed by atoms with Crippen LogP contribution in [0.4, 0.5) is 5.82 Å². The number of rotatable bonds is 3. The highest BCUT2D eigenvalue weighted by molar-refractivity contribution is 5.71. The lowest BCUT2D eigenvalue weighted by Crippen LogP contribution is -2.27. The molecule has 16 heavy (non-hydrogen) atoms. The summed E-state index contributed by atoms with van der Waals surface area (Å²) >= 11 is 0. The Balaban J connectivity index is 2.40. The summed E-state index contributed by atoms with van der Waals surface area (Å²) in [6, 6.07) is 3.91. The first kappa shape index (κ1) is 11.1. The topological polar surface area (TPSA) is 33.2 Å². The Kier molecular flexibility index (Phi) is 2.95. The Morgan fingerprint density at radius 3 is 2.69 bits per heavy atom. The molecule has 86 valence electrons. The van der Waals surface area contributed by atoms with E-state index in [9.17, 15) is 4.79 Å². The summed E-state index contributed by atoms with van der Waals surface area (Å²) in [5, 5.41) is 0. The van der Waals surface area contributed by atoms with Gasteiger partial charge in [-0.2, -0.15) is 0 Å². The number of aromatic nitrogens is 1. The summed E-state index contributed by atoms with van der Waals surface area (Å²) in [6.07, 6.45) is 5.25. The van der Waals surface area contributed by atoms with Crippen molar-refractivity contribution in [2.24, 2.45) is 0 Å². The third-order valence-corrected chi connectivity index (χ3v) is 3.18. The summed E-state index contributed by atoms with van der Waals surface area (Å²) in [7, 11) is 0. The fraction of sp³-hybridized carbons (Fsp3) is 0.538. The molecule has 1 aliphatic rings. The van der Waals surface area contributed by atoms with Gasteiger partial charge in [-0.05, 0) is 32.8 Å². The molecule has 1 fully saturated rings. The van der Waals surface area contributed by atoms with Crippen LogP contribution in [0.5, 0.6) is 0 Å². The maximum atomic E-state index is 11.1. The molecule has 1 saturated heterocycles. The lowest BCUT2D eigenvalue weighted by molar-refractivity contribution is -0.111. The Morgan fingerprint density at radius 1 is 1.38 bits per heavy atom. The Hall–Kier alpha value is -1.38. The molecule has 3 heteroatoms. The molecule has 1 aromatic heterocycles. The summed E-state index contributed by atoms with van der Waals surface area (Å²) < 4.78 is 0. The Labute approximate surface area is 96.5 Å². The van der Waals surface area contributed by atoms with Crippen LogP contribution in [0, 0.1) is 0 Å². The summed E-state index contributed by atoms with van der Waals surface area (Å²) in [6.45, 7) is 5.99. The van der Waals surface area contributed by atoms with E-state index in [4.69, 9.17) is 0 Å². The summed E-state index contributed by atoms with van der Waals surface area (Å²) in [5.41, 5.74) is 0.582. The van der Waals surface area contributed by atoms with Crippen LogP contribution in [0.3, 0.4) is 0 Å². The van der Waals surface area contributed by atoms with Crippen LogP contribution < -0.4 is 4.90 Å². The van der Waals surface area contributed by atoms with Gasteiger partial charge in [-0.25, -0.2) is 4.98 Å². The standard InChI is InChI=1S/C13H18N2O/c1-13(2,10-16)11-6-5-7-14-12(11)15-8-3-4-9-15/h5-7,10H,3-4,8-9H2,1-2H3. The molecule has 0 atom stereocenters. The zero-order valence-electron chi connectivity index (χ0n) is 9.94. The van der Waals surface area contributed by atoms with Crippen LogP contribution in [-0.2, 0) is 10.2 Å². The lowest BCUT2D eigenvalue weighted by Gasteiger charge is -2.26. The van der Waals surface area contributed by atoms with Gasteiger partial charge in [-0.3, -0.25) is 0 Å². The molecule has 2 rings (SSSR count). The average molecular weight is 218 g/mol. The van der Waals surface area contributed by atoms with Gasteiger partial charge in [-0.15, -0.1) is 0 Å². The van der Waals surface area contributed by atoms with Crippen molar-refractivity contribution >= 4 is 12.1 Å². The third-order valence-electron chi connectivity index (χ3n) is 3.18. The molecule has 0 amide bonds. The number of carbonyl (C=O) groups excluding carboxylic acids is 1. The van der Waals surface area contributed by atoms with Crippen LogP contribution in [0.25, 0.3) is 0 Å². The zero-order valence-corrected chi connectivity index (χ0v) is 9.94. The second-order valence-electron chi connectivity index (χ2n) is 4.91. The molecule has 3 nitrogen and oxygen atoms in total. The van der Waals surface area contributed by atoms with E-state index in [1.54, 1.807) is 6.20 Å². The summed E-state index contributed by atoms with van der Waals surface area (Å²) in [5.74, 6) is 0.983. The highest BCUT2D eigenvalue weighted by Crippen LogP contribution is 2.30. The fourth-order valence-electron chi connectivity index (χ4n) is 2.14. The van der Waals surface area contributed by atoms with Crippen LogP contribution >= 0.6 is 0 Å². The van der Waals surface area contributed by atoms with E-state index in [-0.39, 0.29) is 0 Å². The van der Waals surface area contributed by atoms with Gasteiger partial charge >= 0.3 is 0 Å². The second kappa shape index (κ2) is 4.24. The zero-order chi connectivity index (χ0) is 11.6. The molecule has 1 aliphatic heterocycles. The van der Waals surface area contributed by atoms with E-state index in [0.29, 0.717) is 0 Å². The summed E-state index contributed by atoms with van der Waals surface area (Å²) in [4.78, 5) is 17.9. The molecule has 0 saturated carbocycles. The number of hydrogen-bond donors (Lipinski definition) is 0. The fourth-order valence-corrected chi connectivity index (χ4v) is 2.14. The first-order chi connectivity index (χ1) is 7.65. The van der Waals surface area contributed by atoms with Gasteiger partial charge < -0.3 is 9.69 Å². The van der Waals surface area contributed by atoms with E-state index >= 15 is 0 Å². The third kappa shape index (κ3) is 1.94. The van der Waals surface area contributed by atoms with Gasteiger partial charge in [0.05, 0.1) is 0 Å². The van der Waals surface area contributed by atoms with Crippen molar-refractivity contribution in [1.29, 1.82) is 0 Å². The molecule has 0 unspecified atom stereocenters. The lowest BCUT2D eigenvalue weighted by atomic mass is 9.86. The van der Waals surface area contributed by atoms with Crippen LogP contribution in [0.2, 0.25) is 0 Å². The quantitative estimate of drug-likeness (QED) is 0.729. The number of carbonyl (C=O) groups is 1. The monoisotopic (exact) mass is 218 g/mol. The maximum Gasteiger partial charge on any atom is 0.132 e. The van der Waals surface area contributed by atoms with Crippen molar-refractivity contribution < 1.29 is 4.79 Å². The molecule has 1 aromatic rings. The van der Waals surface area contributed by atoms with Crippen LogP contribution in [0.1, 0.15) is 32.3 Å². The van der Waals surface area contributed by atoms with E-state index in [0.717, 1.165) is 30.8 Å². The van der Waals surface area contributed by atoms with Gasteiger partial charge in [0.1, 0.15) is 12.1 Å². The molecule has 0 aromatic carbocycles. The largest absolute Gasteiger partial charge is 0.356 e. The van der Waals surface area contributed by atoms with E-state index in [1.165, 1.54) is 12.8 Å². The molecule has 0 N–H and O–H groups in total. The van der Waals surface area contributed by atoms with E-state index in [1.807, 2.05) is 26.0 Å². The van der Waals surface area contributed by atoms with Crippen molar-refractivity contribution in [3.8, 4) is 0 Å². The van der Waals surface area contributed by atoms with E-state index in [2.05, 4.69) is 9.88 Å². The number of nitrogens with zero attached hydrogens (tertiary/aromatic N) is 2. The van der Waals surface area contributed by atoms with Gasteiger partial charge in [0, 0.05) is 30.3 Å². The van der Waals surface area contributed by atoms with Gasteiger partial charge in [0.25, 0.3) is 0 Å². The SMILES string of the molecule is CC(C)(C=O)c1cccnc1N1CCCC1. The Bertz CT molecular complexity index is 381. The van der Waals surface area contributed by atoms with Gasteiger partial charge in [0.2, 0.25) is 0 Å². The minimum absolute atomic E-state index is 0.452. The molecular weight excluding hydrogens is 200 g/mol. The van der Waals surface area contributed by atoms with Crippen molar-refractivity contribution in [3.05, 3.63) is 23.9 Å². The van der Waals surface area contributed by atoms with Crippen molar-refractivity contribution in [1.82, 2.24) is 4.98 Å². The molecule has 0 bridgehead atoms. The molecule has 2 heterocycles. The Morgan fingerprint density at radius 2 is 2.06 bits per heavy atom. The number of anilines is 1.